The van der Waals surface area contributed by atoms with Crippen molar-refractivity contribution >= 4 is 34.8 Å². The minimum atomic E-state index is -0.683. The standard InChI is InChI=1S/C29H35N3O7S/c1-6-14-39-28(35)24-18(3)30-29-32(25(24)21-11-8-12-22(36-4)26(21)37-5)20(17-40-29)15-23(33)31-13-9-10-19(16-31)27(34)38-7-2/h6,8,11-12,17,19,25H,1,7,9-10,13-16H2,2-5H3/t19-,25+/m0/s1. The van der Waals surface area contributed by atoms with E-state index in [1.165, 1.54) is 17.8 Å². The third kappa shape index (κ3) is 5.89. The SMILES string of the molecule is C=CCOC(=O)C1=C(C)N=C2SC=C(CC(=O)N3CCC[C@H](C(=O)OCC)C3)N2[C@@H]1c1cccc(OC)c1OC. The number of benzene rings is 1. The zero-order valence-electron chi connectivity index (χ0n) is 23.3. The second kappa shape index (κ2) is 13.1. The lowest BCUT2D eigenvalue weighted by molar-refractivity contribution is -0.151. The number of thioether (sulfide) groups is 1. The Kier molecular flexibility index (Phi) is 9.57. The molecule has 0 aromatic heterocycles. The monoisotopic (exact) mass is 569 g/mol. The van der Waals surface area contributed by atoms with Crippen molar-refractivity contribution in [3.05, 3.63) is 58.8 Å². The number of carbonyl (C=O) groups is 3. The predicted molar refractivity (Wildman–Crippen MR) is 152 cm³/mol. The largest absolute Gasteiger partial charge is 0.493 e. The zero-order chi connectivity index (χ0) is 28.8. The first-order valence-electron chi connectivity index (χ1n) is 13.2. The van der Waals surface area contributed by atoms with Gasteiger partial charge in [0, 0.05) is 24.4 Å². The van der Waals surface area contributed by atoms with E-state index in [4.69, 9.17) is 23.9 Å². The van der Waals surface area contributed by atoms with Gasteiger partial charge in [-0.15, -0.1) is 0 Å². The van der Waals surface area contributed by atoms with E-state index in [1.807, 2.05) is 22.4 Å². The Labute approximate surface area is 238 Å². The summed E-state index contributed by atoms with van der Waals surface area (Å²) in [4.78, 5) is 47.6. The minimum Gasteiger partial charge on any atom is -0.493 e. The highest BCUT2D eigenvalue weighted by Gasteiger charge is 2.43. The van der Waals surface area contributed by atoms with Gasteiger partial charge in [-0.1, -0.05) is 36.5 Å². The molecule has 1 saturated heterocycles. The number of ether oxygens (including phenoxy) is 4. The number of rotatable bonds is 10. The third-order valence-corrected chi connectivity index (χ3v) is 7.90. The molecule has 2 atom stereocenters. The molecule has 0 saturated carbocycles. The van der Waals surface area contributed by atoms with Gasteiger partial charge in [0.1, 0.15) is 6.61 Å². The topological polar surface area (TPSA) is 107 Å². The molecule has 4 rings (SSSR count). The summed E-state index contributed by atoms with van der Waals surface area (Å²) in [7, 11) is 3.09. The molecule has 1 aromatic rings. The number of amidine groups is 1. The van der Waals surface area contributed by atoms with Gasteiger partial charge < -0.3 is 28.7 Å². The van der Waals surface area contributed by atoms with Gasteiger partial charge in [-0.2, -0.15) is 0 Å². The van der Waals surface area contributed by atoms with E-state index in [-0.39, 0.29) is 30.8 Å². The van der Waals surface area contributed by atoms with Gasteiger partial charge in [0.05, 0.1) is 50.5 Å². The smallest absolute Gasteiger partial charge is 0.338 e. The number of likely N-dealkylation sites (tertiary alicyclic amines) is 1. The summed E-state index contributed by atoms with van der Waals surface area (Å²) in [5.41, 5.74) is 2.19. The maximum Gasteiger partial charge on any atom is 0.338 e. The number of methoxy groups -OCH3 is 2. The number of allylic oxidation sites excluding steroid dienone is 1. The molecule has 1 fully saturated rings. The van der Waals surface area contributed by atoms with Crippen LogP contribution in [0.15, 0.2) is 58.2 Å². The van der Waals surface area contributed by atoms with Crippen LogP contribution in [0.5, 0.6) is 11.5 Å². The van der Waals surface area contributed by atoms with Crippen LogP contribution >= 0.6 is 11.8 Å². The second-order valence-corrected chi connectivity index (χ2v) is 10.3. The van der Waals surface area contributed by atoms with Gasteiger partial charge in [-0.25, -0.2) is 9.79 Å². The Hall–Kier alpha value is -3.73. The number of para-hydroxylation sites is 1. The third-order valence-electron chi connectivity index (χ3n) is 7.01. The van der Waals surface area contributed by atoms with Crippen LogP contribution in [0.1, 0.15) is 44.7 Å². The normalized spacial score (nSPS) is 20.3. The van der Waals surface area contributed by atoms with Crippen molar-refractivity contribution < 1.29 is 33.3 Å². The van der Waals surface area contributed by atoms with Gasteiger partial charge in [0.2, 0.25) is 5.91 Å². The predicted octanol–water partition coefficient (Wildman–Crippen LogP) is 4.20. The number of aliphatic imine (C=N–C) groups is 1. The average Bonchev–Trinajstić information content (AvgIpc) is 3.36. The molecule has 11 heteroatoms. The van der Waals surface area contributed by atoms with Crippen molar-refractivity contribution in [3.63, 3.8) is 0 Å². The molecule has 1 aromatic carbocycles. The van der Waals surface area contributed by atoms with Crippen molar-refractivity contribution in [1.29, 1.82) is 0 Å². The van der Waals surface area contributed by atoms with Gasteiger partial charge in [-0.05, 0) is 38.2 Å². The Bertz CT molecular complexity index is 1270. The summed E-state index contributed by atoms with van der Waals surface area (Å²) in [6.45, 7) is 8.43. The number of fused-ring (bicyclic) bond motifs is 1. The van der Waals surface area contributed by atoms with E-state index in [9.17, 15) is 14.4 Å². The molecule has 1 amide bonds. The fourth-order valence-electron chi connectivity index (χ4n) is 5.19. The van der Waals surface area contributed by atoms with Crippen molar-refractivity contribution in [2.45, 2.75) is 39.2 Å². The van der Waals surface area contributed by atoms with Crippen molar-refractivity contribution in [2.75, 3.05) is 40.5 Å². The molecular formula is C29H35N3O7S. The van der Waals surface area contributed by atoms with Crippen LogP contribution in [0.3, 0.4) is 0 Å². The number of amides is 1. The van der Waals surface area contributed by atoms with Crippen LogP contribution in [0, 0.1) is 5.92 Å². The van der Waals surface area contributed by atoms with Crippen molar-refractivity contribution in [1.82, 2.24) is 9.80 Å². The number of piperidine rings is 1. The first-order valence-corrected chi connectivity index (χ1v) is 14.1. The van der Waals surface area contributed by atoms with Crippen LogP contribution in [0.25, 0.3) is 0 Å². The van der Waals surface area contributed by atoms with Gasteiger partial charge in [0.25, 0.3) is 0 Å². The highest BCUT2D eigenvalue weighted by Crippen LogP contribution is 2.48. The summed E-state index contributed by atoms with van der Waals surface area (Å²) >= 11 is 1.39. The highest BCUT2D eigenvalue weighted by atomic mass is 32.2. The van der Waals surface area contributed by atoms with Gasteiger partial charge in [-0.3, -0.25) is 9.59 Å². The van der Waals surface area contributed by atoms with Crippen molar-refractivity contribution in [2.24, 2.45) is 10.9 Å². The summed E-state index contributed by atoms with van der Waals surface area (Å²) < 4.78 is 22.0. The quantitative estimate of drug-likeness (QED) is 0.303. The molecule has 3 heterocycles. The van der Waals surface area contributed by atoms with E-state index in [2.05, 4.69) is 6.58 Å². The first-order chi connectivity index (χ1) is 19.3. The number of esters is 2. The summed E-state index contributed by atoms with van der Waals surface area (Å²) in [6.07, 6.45) is 3.00. The number of hydrogen-bond donors (Lipinski definition) is 0. The molecule has 0 radical (unpaired) electrons. The van der Waals surface area contributed by atoms with Gasteiger partial charge >= 0.3 is 11.9 Å². The maximum absolute atomic E-state index is 13.5. The fourth-order valence-corrected chi connectivity index (χ4v) is 6.15. The van der Waals surface area contributed by atoms with E-state index < -0.39 is 12.0 Å². The van der Waals surface area contributed by atoms with E-state index in [1.54, 1.807) is 39.0 Å². The van der Waals surface area contributed by atoms with Gasteiger partial charge in [0.15, 0.2) is 16.7 Å². The molecular weight excluding hydrogens is 534 g/mol. The van der Waals surface area contributed by atoms with Crippen LogP contribution in [-0.2, 0) is 23.9 Å². The Morgan fingerprint density at radius 1 is 1.20 bits per heavy atom. The lowest BCUT2D eigenvalue weighted by atomic mass is 9.92. The summed E-state index contributed by atoms with van der Waals surface area (Å²) in [6, 6.07) is 4.78. The molecule has 0 bridgehead atoms. The number of carbonyl (C=O) groups excluding carboxylic acids is 3. The molecule has 0 unspecified atom stereocenters. The molecule has 3 aliphatic rings. The van der Waals surface area contributed by atoms with E-state index in [0.717, 1.165) is 6.42 Å². The van der Waals surface area contributed by atoms with Crippen LogP contribution in [-0.4, -0.2) is 73.3 Å². The van der Waals surface area contributed by atoms with Crippen LogP contribution in [0.2, 0.25) is 0 Å². The van der Waals surface area contributed by atoms with Crippen molar-refractivity contribution in [3.8, 4) is 11.5 Å². The molecule has 0 spiro atoms. The highest BCUT2D eigenvalue weighted by molar-refractivity contribution is 8.16. The Balaban J connectivity index is 1.68. The number of hydrogen-bond acceptors (Lipinski definition) is 10. The minimum absolute atomic E-state index is 0.0423. The summed E-state index contributed by atoms with van der Waals surface area (Å²) in [5.74, 6) is -0.274. The molecule has 10 nitrogen and oxygen atoms in total. The molecule has 0 N–H and O–H groups in total. The number of nitrogens with zero attached hydrogens (tertiary/aromatic N) is 3. The lowest BCUT2D eigenvalue weighted by Gasteiger charge is -2.37. The lowest BCUT2D eigenvalue weighted by Crippen LogP contribution is -2.44. The fraction of sp³-hybridized carbons (Fsp3) is 0.448. The Morgan fingerprint density at radius 2 is 2.00 bits per heavy atom. The maximum atomic E-state index is 13.5. The van der Waals surface area contributed by atoms with Crippen LogP contribution in [0.4, 0.5) is 0 Å². The average molecular weight is 570 g/mol. The second-order valence-electron chi connectivity index (χ2n) is 9.47. The Morgan fingerprint density at radius 3 is 2.70 bits per heavy atom. The molecule has 3 aliphatic heterocycles. The molecule has 40 heavy (non-hydrogen) atoms. The van der Waals surface area contributed by atoms with Crippen LogP contribution < -0.4 is 9.47 Å². The summed E-state index contributed by atoms with van der Waals surface area (Å²) in [5, 5.41) is 2.52. The zero-order valence-corrected chi connectivity index (χ0v) is 24.1. The van der Waals surface area contributed by atoms with E-state index >= 15 is 0 Å². The first kappa shape index (κ1) is 29.3. The molecule has 0 aliphatic carbocycles. The van der Waals surface area contributed by atoms with E-state index in [0.29, 0.717) is 65.3 Å². The molecule has 214 valence electrons.